The maximum absolute atomic E-state index is 11.7. The predicted octanol–water partition coefficient (Wildman–Crippen LogP) is 2.19. The molecule has 6 heteroatoms. The van der Waals surface area contributed by atoms with Gasteiger partial charge in [-0.25, -0.2) is 9.36 Å². The average Bonchev–Trinajstić information content (AvgIpc) is 2.39. The van der Waals surface area contributed by atoms with Crippen molar-refractivity contribution >= 4 is 23.2 Å². The lowest BCUT2D eigenvalue weighted by atomic mass is 10.3. The molecule has 4 nitrogen and oxygen atoms in total. The average molecular weight is 259 g/mol. The first kappa shape index (κ1) is 11.1. The largest absolute Gasteiger partial charge is 0.493 e. The van der Waals surface area contributed by atoms with Crippen LogP contribution in [0.5, 0.6) is 5.88 Å². The van der Waals surface area contributed by atoms with Crippen LogP contribution in [0.25, 0.3) is 5.69 Å². The molecule has 1 aromatic heterocycles. The molecular weight excluding hydrogens is 251 g/mol. The minimum absolute atomic E-state index is 0.161. The first-order chi connectivity index (χ1) is 7.49. The fraction of sp³-hybridized carbons (Fsp3) is 0.100. The Balaban J connectivity index is 2.72. The second kappa shape index (κ2) is 3.88. The summed E-state index contributed by atoms with van der Waals surface area (Å²) in [5, 5.41) is 10.4. The number of imidazole rings is 1. The summed E-state index contributed by atoms with van der Waals surface area (Å²) in [5.74, 6) is -0.161. The Morgan fingerprint density at radius 2 is 1.75 bits per heavy atom. The number of aromatic hydroxyl groups is 1. The highest BCUT2D eigenvalue weighted by Gasteiger charge is 2.10. The molecule has 0 atom stereocenters. The molecule has 1 N–H and O–H groups in total. The van der Waals surface area contributed by atoms with Crippen LogP contribution in [0, 0.1) is 0 Å². The highest BCUT2D eigenvalue weighted by atomic mass is 35.5. The number of hydrogen-bond acceptors (Lipinski definition) is 2. The summed E-state index contributed by atoms with van der Waals surface area (Å²) in [6.07, 6.45) is 1.32. The van der Waals surface area contributed by atoms with Crippen LogP contribution in [-0.2, 0) is 7.05 Å². The van der Waals surface area contributed by atoms with Gasteiger partial charge in [0, 0.05) is 17.1 Å². The summed E-state index contributed by atoms with van der Waals surface area (Å²) in [6.45, 7) is 0. The number of halogens is 2. The zero-order valence-corrected chi connectivity index (χ0v) is 9.83. The molecule has 0 fully saturated rings. The highest BCUT2D eigenvalue weighted by molar-refractivity contribution is 6.34. The Kier molecular flexibility index (Phi) is 2.69. The van der Waals surface area contributed by atoms with Crippen LogP contribution in [0.1, 0.15) is 0 Å². The van der Waals surface area contributed by atoms with Crippen LogP contribution >= 0.6 is 23.2 Å². The summed E-state index contributed by atoms with van der Waals surface area (Å²) in [4.78, 5) is 11.7. The normalized spacial score (nSPS) is 10.7. The van der Waals surface area contributed by atoms with Gasteiger partial charge in [0.25, 0.3) is 0 Å². The fourth-order valence-corrected chi connectivity index (χ4v) is 1.97. The van der Waals surface area contributed by atoms with Crippen molar-refractivity contribution < 1.29 is 5.11 Å². The molecule has 1 aromatic carbocycles. The molecule has 0 aliphatic rings. The molecule has 0 saturated heterocycles. The number of hydrogen-bond donors (Lipinski definition) is 1. The van der Waals surface area contributed by atoms with Crippen molar-refractivity contribution in [2.75, 3.05) is 0 Å². The topological polar surface area (TPSA) is 47.2 Å². The van der Waals surface area contributed by atoms with E-state index in [9.17, 15) is 9.90 Å². The quantitative estimate of drug-likeness (QED) is 0.853. The minimum Gasteiger partial charge on any atom is -0.493 e. The number of benzene rings is 1. The number of nitrogens with zero attached hydrogens (tertiary/aromatic N) is 2. The summed E-state index contributed by atoms with van der Waals surface area (Å²) in [6, 6.07) is 4.65. The van der Waals surface area contributed by atoms with Crippen molar-refractivity contribution in [2.45, 2.75) is 0 Å². The zero-order chi connectivity index (χ0) is 11.9. The summed E-state index contributed by atoms with van der Waals surface area (Å²) >= 11 is 11.6. The van der Waals surface area contributed by atoms with E-state index in [1.807, 2.05) is 0 Å². The third kappa shape index (κ3) is 1.81. The van der Waals surface area contributed by atoms with E-state index in [0.717, 1.165) is 4.57 Å². The van der Waals surface area contributed by atoms with E-state index in [1.54, 1.807) is 25.2 Å². The molecule has 84 valence electrons. The first-order valence-electron chi connectivity index (χ1n) is 4.43. The first-order valence-corrected chi connectivity index (χ1v) is 5.18. The van der Waals surface area contributed by atoms with Crippen LogP contribution in [0.2, 0.25) is 10.0 Å². The minimum atomic E-state index is -0.365. The Labute approximate surface area is 101 Å². The molecule has 0 amide bonds. The molecule has 0 saturated carbocycles. The second-order valence-electron chi connectivity index (χ2n) is 3.34. The van der Waals surface area contributed by atoms with Gasteiger partial charge in [-0.2, -0.15) is 0 Å². The molecule has 16 heavy (non-hydrogen) atoms. The lowest BCUT2D eigenvalue weighted by Crippen LogP contribution is -2.20. The van der Waals surface area contributed by atoms with Gasteiger partial charge in [0.15, 0.2) is 0 Å². The summed E-state index contributed by atoms with van der Waals surface area (Å²) < 4.78 is 2.39. The van der Waals surface area contributed by atoms with E-state index in [2.05, 4.69) is 0 Å². The molecule has 0 radical (unpaired) electrons. The fourth-order valence-electron chi connectivity index (χ4n) is 1.45. The molecule has 0 unspecified atom stereocenters. The van der Waals surface area contributed by atoms with Crippen LogP contribution in [-0.4, -0.2) is 14.2 Å². The van der Waals surface area contributed by atoms with Gasteiger partial charge in [-0.1, -0.05) is 23.2 Å². The van der Waals surface area contributed by atoms with Crippen molar-refractivity contribution in [1.29, 1.82) is 0 Å². The van der Waals surface area contributed by atoms with E-state index >= 15 is 0 Å². The third-order valence-electron chi connectivity index (χ3n) is 2.14. The molecular formula is C10H8Cl2N2O2. The summed E-state index contributed by atoms with van der Waals surface area (Å²) in [5.41, 5.74) is 0.0661. The van der Waals surface area contributed by atoms with Crippen molar-refractivity contribution in [2.24, 2.45) is 7.05 Å². The SMILES string of the molecule is Cn1cc(O)n(-c2cc(Cl)cc(Cl)c2)c1=O. The van der Waals surface area contributed by atoms with Crippen LogP contribution in [0.4, 0.5) is 0 Å². The van der Waals surface area contributed by atoms with Crippen LogP contribution in [0.3, 0.4) is 0 Å². The van der Waals surface area contributed by atoms with Gasteiger partial charge in [0.1, 0.15) is 0 Å². The second-order valence-corrected chi connectivity index (χ2v) is 4.22. The lowest BCUT2D eigenvalue weighted by Gasteiger charge is -2.04. The molecule has 0 spiro atoms. The highest BCUT2D eigenvalue weighted by Crippen LogP contribution is 2.23. The maximum Gasteiger partial charge on any atom is 0.335 e. The molecule has 2 rings (SSSR count). The Morgan fingerprint density at radius 1 is 1.19 bits per heavy atom. The van der Waals surface area contributed by atoms with Gasteiger partial charge < -0.3 is 5.11 Å². The van der Waals surface area contributed by atoms with E-state index in [1.165, 1.54) is 10.8 Å². The predicted molar refractivity (Wildman–Crippen MR) is 62.7 cm³/mol. The number of aromatic nitrogens is 2. The van der Waals surface area contributed by atoms with Gasteiger partial charge in [-0.3, -0.25) is 4.57 Å². The van der Waals surface area contributed by atoms with Crippen molar-refractivity contribution in [3.8, 4) is 11.6 Å². The van der Waals surface area contributed by atoms with Gasteiger partial charge in [-0.15, -0.1) is 0 Å². The third-order valence-corrected chi connectivity index (χ3v) is 2.57. The van der Waals surface area contributed by atoms with Gasteiger partial charge in [0.05, 0.1) is 11.9 Å². The standard InChI is InChI=1S/C10H8Cl2N2O2/c1-13-5-9(15)14(10(13)16)8-3-6(11)2-7(12)4-8/h2-5,15H,1H3. The maximum atomic E-state index is 11.7. The number of rotatable bonds is 1. The van der Waals surface area contributed by atoms with Crippen LogP contribution < -0.4 is 5.69 Å². The zero-order valence-electron chi connectivity index (χ0n) is 8.32. The molecule has 0 aliphatic carbocycles. The van der Waals surface area contributed by atoms with Crippen molar-refractivity contribution in [1.82, 2.24) is 9.13 Å². The lowest BCUT2D eigenvalue weighted by molar-refractivity contribution is 0.441. The van der Waals surface area contributed by atoms with E-state index < -0.39 is 0 Å². The molecule has 0 aliphatic heterocycles. The van der Waals surface area contributed by atoms with E-state index in [4.69, 9.17) is 23.2 Å². The van der Waals surface area contributed by atoms with Crippen molar-refractivity contribution in [3.63, 3.8) is 0 Å². The number of aryl methyl sites for hydroxylation is 1. The molecule has 2 aromatic rings. The Bertz CT molecular complexity index is 581. The van der Waals surface area contributed by atoms with E-state index in [-0.39, 0.29) is 11.6 Å². The molecule has 1 heterocycles. The Hall–Kier alpha value is -1.39. The van der Waals surface area contributed by atoms with Gasteiger partial charge >= 0.3 is 5.69 Å². The van der Waals surface area contributed by atoms with Gasteiger partial charge in [0.2, 0.25) is 5.88 Å². The molecule has 0 bridgehead atoms. The summed E-state index contributed by atoms with van der Waals surface area (Å²) in [7, 11) is 1.55. The van der Waals surface area contributed by atoms with E-state index in [0.29, 0.717) is 15.7 Å². The monoisotopic (exact) mass is 258 g/mol. The Morgan fingerprint density at radius 3 is 2.19 bits per heavy atom. The smallest absolute Gasteiger partial charge is 0.335 e. The van der Waals surface area contributed by atoms with Crippen LogP contribution in [0.15, 0.2) is 29.2 Å². The van der Waals surface area contributed by atoms with Crippen molar-refractivity contribution in [3.05, 3.63) is 44.9 Å². The van der Waals surface area contributed by atoms with Gasteiger partial charge in [-0.05, 0) is 18.2 Å².